The largest absolute Gasteiger partial charge is 0.485 e. The van der Waals surface area contributed by atoms with Crippen LogP contribution in [0.4, 0.5) is 5.69 Å². The first-order valence-corrected chi connectivity index (χ1v) is 8.79. The zero-order chi connectivity index (χ0) is 17.3. The van der Waals surface area contributed by atoms with Crippen LogP contribution in [0.3, 0.4) is 0 Å². The van der Waals surface area contributed by atoms with Gasteiger partial charge in [-0.15, -0.1) is 12.4 Å². The van der Waals surface area contributed by atoms with Gasteiger partial charge >= 0.3 is 0 Å². The summed E-state index contributed by atoms with van der Waals surface area (Å²) in [4.78, 5) is 13.1. The summed E-state index contributed by atoms with van der Waals surface area (Å²) in [5, 5.41) is 22.1. The number of aliphatic hydroxyl groups is 1. The molecule has 2 aliphatic rings. The van der Waals surface area contributed by atoms with Gasteiger partial charge in [0.2, 0.25) is 0 Å². The van der Waals surface area contributed by atoms with Crippen molar-refractivity contribution in [1.29, 1.82) is 0 Å². The number of halogens is 1. The highest BCUT2D eigenvalue weighted by molar-refractivity contribution is 5.85. The number of nitro groups is 1. The van der Waals surface area contributed by atoms with Crippen LogP contribution in [0, 0.1) is 10.1 Å². The molecule has 2 atom stereocenters. The molecule has 0 bridgehead atoms. The summed E-state index contributed by atoms with van der Waals surface area (Å²) in [6.07, 6.45) is 5.11. The lowest BCUT2D eigenvalue weighted by atomic mass is 9.85. The van der Waals surface area contributed by atoms with Crippen LogP contribution in [0.5, 0.6) is 5.75 Å². The molecule has 0 unspecified atom stereocenters. The number of ether oxygens (including phenoxy) is 1. The number of aliphatic hydroxyl groups excluding tert-OH is 1. The maximum absolute atomic E-state index is 11.2. The average molecular weight is 371 g/mol. The maximum atomic E-state index is 11.2. The summed E-state index contributed by atoms with van der Waals surface area (Å²) >= 11 is 0. The Balaban J connectivity index is 0.00000225. The van der Waals surface area contributed by atoms with Crippen molar-refractivity contribution in [1.82, 2.24) is 4.90 Å². The van der Waals surface area contributed by atoms with Gasteiger partial charge in [0, 0.05) is 17.7 Å². The highest BCUT2D eigenvalue weighted by Gasteiger charge is 2.45. The van der Waals surface area contributed by atoms with Gasteiger partial charge in [0.15, 0.2) is 0 Å². The second kappa shape index (κ2) is 7.89. The van der Waals surface area contributed by atoms with E-state index in [0.717, 1.165) is 31.5 Å². The molecular formula is C18H27ClN2O4. The minimum absolute atomic E-state index is 0. The molecule has 1 saturated heterocycles. The predicted molar refractivity (Wildman–Crippen MR) is 98.5 cm³/mol. The van der Waals surface area contributed by atoms with Crippen LogP contribution in [0.2, 0.25) is 0 Å². The highest BCUT2D eigenvalue weighted by atomic mass is 35.5. The van der Waals surface area contributed by atoms with Crippen molar-refractivity contribution in [2.75, 3.05) is 13.1 Å². The summed E-state index contributed by atoms with van der Waals surface area (Å²) in [5.41, 5.74) is 0.0498. The molecule has 7 heteroatoms. The topological polar surface area (TPSA) is 75.8 Å². The number of benzene rings is 1. The third-order valence-electron chi connectivity index (χ3n) is 5.19. The number of likely N-dealkylation sites (tertiary alicyclic amines) is 1. The van der Waals surface area contributed by atoms with Crippen LogP contribution >= 0.6 is 12.4 Å². The first-order valence-electron chi connectivity index (χ1n) is 8.79. The van der Waals surface area contributed by atoms with E-state index in [1.807, 2.05) is 13.8 Å². The van der Waals surface area contributed by atoms with Gasteiger partial charge in [0.05, 0.1) is 11.0 Å². The van der Waals surface area contributed by atoms with Crippen molar-refractivity contribution < 1.29 is 14.8 Å². The molecule has 0 spiro atoms. The van der Waals surface area contributed by atoms with Crippen molar-refractivity contribution in [3.8, 4) is 5.75 Å². The van der Waals surface area contributed by atoms with Crippen LogP contribution < -0.4 is 4.74 Å². The molecule has 1 N–H and O–H groups in total. The molecule has 6 nitrogen and oxygen atoms in total. The normalized spacial score (nSPS) is 26.4. The molecule has 0 radical (unpaired) electrons. The summed E-state index contributed by atoms with van der Waals surface area (Å²) in [7, 11) is 0. The third-order valence-corrected chi connectivity index (χ3v) is 5.19. The summed E-state index contributed by atoms with van der Waals surface area (Å²) < 4.78 is 5.94. The molecule has 25 heavy (non-hydrogen) atoms. The minimum Gasteiger partial charge on any atom is -0.485 e. The molecule has 140 valence electrons. The van der Waals surface area contributed by atoms with E-state index in [2.05, 4.69) is 4.90 Å². The Hall–Kier alpha value is -1.37. The SMILES string of the molecule is CC1(C)Oc2ccc([N+](=O)[O-])cc2[C@H](N2CCCCCCC2)[C@H]1O.Cl. The second-order valence-corrected chi connectivity index (χ2v) is 7.38. The number of rotatable bonds is 2. The number of fused-ring (bicyclic) bond motifs is 1. The average Bonchev–Trinajstić information content (AvgIpc) is 2.49. The van der Waals surface area contributed by atoms with Gasteiger partial charge in [0.1, 0.15) is 17.5 Å². The molecule has 2 heterocycles. The van der Waals surface area contributed by atoms with Crippen LogP contribution in [0.15, 0.2) is 18.2 Å². The van der Waals surface area contributed by atoms with Gasteiger partial charge in [-0.25, -0.2) is 0 Å². The number of non-ortho nitro benzene ring substituents is 1. The predicted octanol–water partition coefficient (Wildman–Crippen LogP) is 3.86. The lowest BCUT2D eigenvalue weighted by molar-refractivity contribution is -0.385. The van der Waals surface area contributed by atoms with Crippen LogP contribution in [0.25, 0.3) is 0 Å². The lowest BCUT2D eigenvalue weighted by Gasteiger charge is -2.46. The fraction of sp³-hybridized carbons (Fsp3) is 0.667. The van der Waals surface area contributed by atoms with E-state index in [0.29, 0.717) is 5.75 Å². The standard InChI is InChI=1S/C18H26N2O4.ClH/c1-18(2)17(21)16(19-10-6-4-3-5-7-11-19)14-12-13(20(22)23)8-9-15(14)24-18;/h8-9,12,16-17,21H,3-7,10-11H2,1-2H3;1H/t16-,17+;/m0./s1. The Labute approximate surface area is 154 Å². The van der Waals surface area contributed by atoms with E-state index < -0.39 is 16.6 Å². The van der Waals surface area contributed by atoms with Gasteiger partial charge < -0.3 is 9.84 Å². The summed E-state index contributed by atoms with van der Waals surface area (Å²) in [6.45, 7) is 5.55. The number of nitrogens with zero attached hydrogens (tertiary/aromatic N) is 2. The molecule has 1 aromatic carbocycles. The fourth-order valence-electron chi connectivity index (χ4n) is 3.81. The van der Waals surface area contributed by atoms with Crippen LogP contribution in [-0.2, 0) is 0 Å². The van der Waals surface area contributed by atoms with E-state index in [1.54, 1.807) is 12.1 Å². The maximum Gasteiger partial charge on any atom is 0.270 e. The third kappa shape index (κ3) is 4.07. The Kier molecular flexibility index (Phi) is 6.30. The Morgan fingerprint density at radius 1 is 1.20 bits per heavy atom. The fourth-order valence-corrected chi connectivity index (χ4v) is 3.81. The van der Waals surface area contributed by atoms with Crippen LogP contribution in [0.1, 0.15) is 57.6 Å². The van der Waals surface area contributed by atoms with E-state index >= 15 is 0 Å². The van der Waals surface area contributed by atoms with Crippen molar-refractivity contribution in [2.24, 2.45) is 0 Å². The first-order chi connectivity index (χ1) is 11.4. The van der Waals surface area contributed by atoms with Crippen LogP contribution in [-0.4, -0.2) is 39.7 Å². The molecule has 1 aromatic rings. The molecule has 3 rings (SSSR count). The van der Waals surface area contributed by atoms with Crippen molar-refractivity contribution >= 4 is 18.1 Å². The summed E-state index contributed by atoms with van der Waals surface area (Å²) in [5.74, 6) is 0.642. The number of hydrogen-bond donors (Lipinski definition) is 1. The van der Waals surface area contributed by atoms with E-state index in [1.165, 1.54) is 25.3 Å². The monoisotopic (exact) mass is 370 g/mol. The van der Waals surface area contributed by atoms with Gasteiger partial charge in [-0.3, -0.25) is 15.0 Å². The molecule has 0 amide bonds. The Morgan fingerprint density at radius 3 is 2.40 bits per heavy atom. The van der Waals surface area contributed by atoms with Crippen molar-refractivity contribution in [3.05, 3.63) is 33.9 Å². The molecule has 0 aromatic heterocycles. The number of nitro benzene ring substituents is 1. The molecule has 2 aliphatic heterocycles. The zero-order valence-electron chi connectivity index (χ0n) is 14.8. The summed E-state index contributed by atoms with van der Waals surface area (Å²) in [6, 6.07) is 4.44. The second-order valence-electron chi connectivity index (χ2n) is 7.38. The van der Waals surface area contributed by atoms with E-state index in [9.17, 15) is 15.2 Å². The van der Waals surface area contributed by atoms with Crippen molar-refractivity contribution in [2.45, 2.75) is 63.7 Å². The quantitative estimate of drug-likeness (QED) is 0.632. The zero-order valence-corrected chi connectivity index (χ0v) is 15.6. The van der Waals surface area contributed by atoms with E-state index in [4.69, 9.17) is 4.74 Å². The van der Waals surface area contributed by atoms with Gasteiger partial charge in [-0.05, 0) is 45.8 Å². The van der Waals surface area contributed by atoms with Crippen molar-refractivity contribution in [3.63, 3.8) is 0 Å². The smallest absolute Gasteiger partial charge is 0.270 e. The Bertz CT molecular complexity index is 615. The molecule has 0 saturated carbocycles. The molecule has 0 aliphatic carbocycles. The number of hydrogen-bond acceptors (Lipinski definition) is 5. The van der Waals surface area contributed by atoms with Gasteiger partial charge in [-0.2, -0.15) is 0 Å². The first kappa shape index (κ1) is 19.9. The minimum atomic E-state index is -0.730. The molecular weight excluding hydrogens is 344 g/mol. The van der Waals surface area contributed by atoms with Gasteiger partial charge in [-0.1, -0.05) is 19.3 Å². The Morgan fingerprint density at radius 2 is 1.80 bits per heavy atom. The highest BCUT2D eigenvalue weighted by Crippen LogP contribution is 2.44. The van der Waals surface area contributed by atoms with E-state index in [-0.39, 0.29) is 24.1 Å². The van der Waals surface area contributed by atoms with Gasteiger partial charge in [0.25, 0.3) is 5.69 Å². The molecule has 1 fully saturated rings. The lowest BCUT2D eigenvalue weighted by Crippen LogP contribution is -2.54.